The number of alkyl halides is 1. The maximum Gasteiger partial charge on any atom is 0.121 e. The first kappa shape index (κ1) is 10.1. The van der Waals surface area contributed by atoms with E-state index in [1.165, 1.54) is 0 Å². The Bertz CT molecular complexity index is 464. The van der Waals surface area contributed by atoms with Gasteiger partial charge in [0.25, 0.3) is 0 Å². The summed E-state index contributed by atoms with van der Waals surface area (Å²) in [7, 11) is 1.63. The van der Waals surface area contributed by atoms with E-state index >= 15 is 0 Å². The lowest BCUT2D eigenvalue weighted by Gasteiger charge is -2.02. The first-order valence-electron chi connectivity index (χ1n) is 4.06. The molecule has 0 atom stereocenters. The molecule has 1 aromatic heterocycles. The van der Waals surface area contributed by atoms with Gasteiger partial charge in [-0.05, 0) is 23.1 Å². The van der Waals surface area contributed by atoms with Crippen molar-refractivity contribution in [2.24, 2.45) is 0 Å². The third-order valence-electron chi connectivity index (χ3n) is 2.06. The van der Waals surface area contributed by atoms with Crippen LogP contribution >= 0.6 is 34.5 Å². The zero-order valence-electron chi connectivity index (χ0n) is 7.51. The molecule has 0 aliphatic rings. The Morgan fingerprint density at radius 1 is 1.43 bits per heavy atom. The quantitative estimate of drug-likeness (QED) is 0.719. The summed E-state index contributed by atoms with van der Waals surface area (Å²) in [5.41, 5.74) is 1.08. The van der Waals surface area contributed by atoms with Crippen LogP contribution in [0.15, 0.2) is 17.5 Å². The summed E-state index contributed by atoms with van der Waals surface area (Å²) in [5, 5.41) is 3.78. The summed E-state index contributed by atoms with van der Waals surface area (Å²) in [6.45, 7) is 0. The molecule has 0 aliphatic heterocycles. The summed E-state index contributed by atoms with van der Waals surface area (Å²) in [6.07, 6.45) is 0. The van der Waals surface area contributed by atoms with Crippen LogP contribution in [0.1, 0.15) is 5.56 Å². The molecule has 0 saturated heterocycles. The fourth-order valence-corrected chi connectivity index (χ4v) is 3.07. The summed E-state index contributed by atoms with van der Waals surface area (Å²) in [5.74, 6) is 1.27. The highest BCUT2D eigenvalue weighted by Gasteiger charge is 2.09. The molecule has 14 heavy (non-hydrogen) atoms. The summed E-state index contributed by atoms with van der Waals surface area (Å²) < 4.78 is 6.25. The standard InChI is InChI=1S/C10H8Cl2OS/c1-13-7-2-8(12)10-6(4-11)5-14-9(10)3-7/h2-3,5H,4H2,1H3. The molecule has 0 amide bonds. The average molecular weight is 247 g/mol. The van der Waals surface area contributed by atoms with E-state index in [1.807, 2.05) is 17.5 Å². The molecule has 0 bridgehead atoms. The third kappa shape index (κ3) is 1.58. The Balaban J connectivity index is 2.72. The maximum atomic E-state index is 6.13. The van der Waals surface area contributed by atoms with Crippen LogP contribution in [0, 0.1) is 0 Å². The van der Waals surface area contributed by atoms with Crippen molar-refractivity contribution in [1.29, 1.82) is 0 Å². The minimum Gasteiger partial charge on any atom is -0.497 e. The molecule has 1 nitrogen and oxygen atoms in total. The second-order valence-electron chi connectivity index (χ2n) is 2.88. The van der Waals surface area contributed by atoms with Crippen LogP contribution < -0.4 is 4.74 Å². The number of methoxy groups -OCH3 is 1. The van der Waals surface area contributed by atoms with Gasteiger partial charge in [0.1, 0.15) is 5.75 Å². The molecule has 0 spiro atoms. The zero-order valence-corrected chi connectivity index (χ0v) is 9.84. The minimum absolute atomic E-state index is 0.492. The molecule has 1 aromatic carbocycles. The predicted molar refractivity (Wildman–Crippen MR) is 62.9 cm³/mol. The molecule has 2 rings (SSSR count). The Hall–Kier alpha value is -0.440. The van der Waals surface area contributed by atoms with Gasteiger partial charge < -0.3 is 4.74 Å². The average Bonchev–Trinajstić information content (AvgIpc) is 2.61. The smallest absolute Gasteiger partial charge is 0.121 e. The Morgan fingerprint density at radius 2 is 2.21 bits per heavy atom. The maximum absolute atomic E-state index is 6.13. The van der Waals surface area contributed by atoms with Crippen molar-refractivity contribution >= 4 is 44.6 Å². The van der Waals surface area contributed by atoms with Gasteiger partial charge in [-0.1, -0.05) is 11.6 Å². The van der Waals surface area contributed by atoms with E-state index < -0.39 is 0 Å². The Morgan fingerprint density at radius 3 is 2.86 bits per heavy atom. The van der Waals surface area contributed by atoms with Crippen molar-refractivity contribution in [3.63, 3.8) is 0 Å². The van der Waals surface area contributed by atoms with E-state index in [9.17, 15) is 0 Å². The van der Waals surface area contributed by atoms with Crippen LogP contribution in [0.5, 0.6) is 5.75 Å². The van der Waals surface area contributed by atoms with E-state index in [1.54, 1.807) is 18.4 Å². The van der Waals surface area contributed by atoms with Crippen molar-refractivity contribution in [2.75, 3.05) is 7.11 Å². The van der Waals surface area contributed by atoms with Gasteiger partial charge in [-0.3, -0.25) is 0 Å². The number of fused-ring (bicyclic) bond motifs is 1. The van der Waals surface area contributed by atoms with Crippen LogP contribution in [-0.4, -0.2) is 7.11 Å². The van der Waals surface area contributed by atoms with Crippen molar-refractivity contribution in [2.45, 2.75) is 5.88 Å². The van der Waals surface area contributed by atoms with Crippen molar-refractivity contribution in [1.82, 2.24) is 0 Å². The van der Waals surface area contributed by atoms with E-state index in [2.05, 4.69) is 0 Å². The molecule has 1 heterocycles. The number of benzene rings is 1. The van der Waals surface area contributed by atoms with Gasteiger partial charge in [-0.15, -0.1) is 22.9 Å². The molecule has 4 heteroatoms. The molecule has 2 aromatic rings. The van der Waals surface area contributed by atoms with E-state index in [0.29, 0.717) is 10.9 Å². The van der Waals surface area contributed by atoms with Gasteiger partial charge in [0.15, 0.2) is 0 Å². The van der Waals surface area contributed by atoms with Crippen LogP contribution in [0.3, 0.4) is 0 Å². The van der Waals surface area contributed by atoms with E-state index in [-0.39, 0.29) is 0 Å². The number of hydrogen-bond donors (Lipinski definition) is 0. The first-order valence-corrected chi connectivity index (χ1v) is 5.85. The number of ether oxygens (including phenoxy) is 1. The molecule has 0 fully saturated rings. The molecular weight excluding hydrogens is 239 g/mol. The van der Waals surface area contributed by atoms with E-state index in [4.69, 9.17) is 27.9 Å². The molecule has 0 radical (unpaired) electrons. The fourth-order valence-electron chi connectivity index (χ4n) is 1.37. The van der Waals surface area contributed by atoms with Gasteiger partial charge >= 0.3 is 0 Å². The van der Waals surface area contributed by atoms with Crippen molar-refractivity contribution in [3.05, 3.63) is 28.1 Å². The van der Waals surface area contributed by atoms with Gasteiger partial charge in [0.2, 0.25) is 0 Å². The van der Waals surface area contributed by atoms with Gasteiger partial charge in [0, 0.05) is 16.0 Å². The zero-order chi connectivity index (χ0) is 10.1. The normalized spacial score (nSPS) is 10.8. The lowest BCUT2D eigenvalue weighted by atomic mass is 10.2. The second-order valence-corrected chi connectivity index (χ2v) is 4.46. The highest BCUT2D eigenvalue weighted by molar-refractivity contribution is 7.17. The Kier molecular flexibility index (Phi) is 2.86. The van der Waals surface area contributed by atoms with Crippen molar-refractivity contribution < 1.29 is 4.74 Å². The highest BCUT2D eigenvalue weighted by Crippen LogP contribution is 2.36. The monoisotopic (exact) mass is 246 g/mol. The van der Waals surface area contributed by atoms with Crippen LogP contribution in [0.2, 0.25) is 5.02 Å². The molecule has 0 saturated carbocycles. The predicted octanol–water partition coefficient (Wildman–Crippen LogP) is 4.30. The topological polar surface area (TPSA) is 9.23 Å². The number of thiophene rings is 1. The van der Waals surface area contributed by atoms with Crippen molar-refractivity contribution in [3.8, 4) is 5.75 Å². The first-order chi connectivity index (χ1) is 6.76. The van der Waals surface area contributed by atoms with Crippen LogP contribution in [-0.2, 0) is 5.88 Å². The fraction of sp³-hybridized carbons (Fsp3) is 0.200. The summed E-state index contributed by atoms with van der Waals surface area (Å²) in [6, 6.07) is 3.79. The molecule has 0 aliphatic carbocycles. The molecule has 74 valence electrons. The van der Waals surface area contributed by atoms with Gasteiger partial charge in [-0.25, -0.2) is 0 Å². The van der Waals surface area contributed by atoms with Crippen LogP contribution in [0.4, 0.5) is 0 Å². The number of hydrogen-bond acceptors (Lipinski definition) is 2. The number of rotatable bonds is 2. The third-order valence-corrected chi connectivity index (χ3v) is 3.62. The molecular formula is C10H8Cl2OS. The number of halogens is 2. The van der Waals surface area contributed by atoms with E-state index in [0.717, 1.165) is 21.4 Å². The molecule has 0 N–H and O–H groups in total. The van der Waals surface area contributed by atoms with Crippen LogP contribution in [0.25, 0.3) is 10.1 Å². The largest absolute Gasteiger partial charge is 0.497 e. The summed E-state index contributed by atoms with van der Waals surface area (Å²) in [4.78, 5) is 0. The minimum atomic E-state index is 0.492. The highest BCUT2D eigenvalue weighted by atomic mass is 35.5. The van der Waals surface area contributed by atoms with Gasteiger partial charge in [0.05, 0.1) is 12.1 Å². The lowest BCUT2D eigenvalue weighted by Crippen LogP contribution is -1.82. The summed E-state index contributed by atoms with van der Waals surface area (Å²) >= 11 is 13.6. The SMILES string of the molecule is COc1cc(Cl)c2c(CCl)csc2c1. The second kappa shape index (κ2) is 3.97. The Labute approximate surface area is 96.2 Å². The lowest BCUT2D eigenvalue weighted by molar-refractivity contribution is 0.415. The molecule has 0 unspecified atom stereocenters. The van der Waals surface area contributed by atoms with Gasteiger partial charge in [-0.2, -0.15) is 0 Å².